The number of carboxylic acid groups (broad SMARTS) is 1. The molecule has 104 valence electrons. The van der Waals surface area contributed by atoms with Crippen LogP contribution in [0.1, 0.15) is 33.4 Å². The Hall–Kier alpha value is -2.88. The zero-order valence-electron chi connectivity index (χ0n) is 11.1. The summed E-state index contributed by atoms with van der Waals surface area (Å²) in [5, 5.41) is 9.00. The molecule has 2 aromatic carbocycles. The average Bonchev–Trinajstić information content (AvgIpc) is 3.00. The number of carbonyl (C=O) groups is 1. The maximum atomic E-state index is 11.0. The van der Waals surface area contributed by atoms with E-state index in [1.807, 2.05) is 60.7 Å². The summed E-state index contributed by atoms with van der Waals surface area (Å²) in [6, 6.07) is 19.5. The first-order valence-corrected chi connectivity index (χ1v) is 6.54. The molecule has 0 aliphatic heterocycles. The van der Waals surface area contributed by atoms with E-state index in [1.54, 1.807) is 0 Å². The average molecular weight is 279 g/mol. The second kappa shape index (κ2) is 5.63. The highest BCUT2D eigenvalue weighted by atomic mass is 16.4. The monoisotopic (exact) mass is 279 g/mol. The molecule has 21 heavy (non-hydrogen) atoms. The highest BCUT2D eigenvalue weighted by Gasteiger charge is 2.23. The molecular formula is C17H13NO3. The fourth-order valence-electron chi connectivity index (χ4n) is 2.29. The summed E-state index contributed by atoms with van der Waals surface area (Å²) < 4.78 is 5.40. The number of aromatic carboxylic acids is 1. The number of aromatic nitrogens is 1. The van der Waals surface area contributed by atoms with E-state index in [2.05, 4.69) is 4.98 Å². The van der Waals surface area contributed by atoms with Crippen LogP contribution in [-0.4, -0.2) is 16.1 Å². The van der Waals surface area contributed by atoms with Gasteiger partial charge in [-0.05, 0) is 11.1 Å². The van der Waals surface area contributed by atoms with Crippen LogP contribution in [-0.2, 0) is 0 Å². The second-order valence-electron chi connectivity index (χ2n) is 4.63. The summed E-state index contributed by atoms with van der Waals surface area (Å²) in [5.41, 5.74) is 1.92. The smallest absolute Gasteiger partial charge is 0.357 e. The van der Waals surface area contributed by atoms with Crippen molar-refractivity contribution in [2.45, 2.75) is 5.92 Å². The van der Waals surface area contributed by atoms with Crippen molar-refractivity contribution in [1.29, 1.82) is 0 Å². The lowest BCUT2D eigenvalue weighted by atomic mass is 9.91. The van der Waals surface area contributed by atoms with Crippen LogP contribution >= 0.6 is 0 Å². The number of oxazole rings is 1. The van der Waals surface area contributed by atoms with Crippen LogP contribution in [0.5, 0.6) is 0 Å². The highest BCUT2D eigenvalue weighted by Crippen LogP contribution is 2.31. The molecule has 4 nitrogen and oxygen atoms in total. The van der Waals surface area contributed by atoms with Crippen LogP contribution in [0.2, 0.25) is 0 Å². The van der Waals surface area contributed by atoms with Gasteiger partial charge < -0.3 is 9.52 Å². The number of nitrogens with zero attached hydrogens (tertiary/aromatic N) is 1. The molecule has 0 saturated carbocycles. The largest absolute Gasteiger partial charge is 0.476 e. The van der Waals surface area contributed by atoms with Crippen molar-refractivity contribution in [3.8, 4) is 0 Å². The molecule has 1 heterocycles. The Morgan fingerprint density at radius 3 is 1.90 bits per heavy atom. The Morgan fingerprint density at radius 1 is 0.952 bits per heavy atom. The molecule has 0 saturated heterocycles. The first-order chi connectivity index (χ1) is 10.3. The number of carboxylic acids is 1. The molecule has 0 unspecified atom stereocenters. The van der Waals surface area contributed by atoms with Gasteiger partial charge in [0.2, 0.25) is 5.89 Å². The van der Waals surface area contributed by atoms with Gasteiger partial charge in [0.05, 0.1) is 5.92 Å². The maximum absolute atomic E-state index is 11.0. The maximum Gasteiger partial charge on any atom is 0.357 e. The van der Waals surface area contributed by atoms with Gasteiger partial charge in [-0.1, -0.05) is 60.7 Å². The van der Waals surface area contributed by atoms with Crippen molar-refractivity contribution in [3.05, 3.63) is 89.6 Å². The van der Waals surface area contributed by atoms with Crippen LogP contribution in [0.3, 0.4) is 0 Å². The molecule has 0 aliphatic rings. The Morgan fingerprint density at radius 2 is 1.48 bits per heavy atom. The molecule has 0 fully saturated rings. The van der Waals surface area contributed by atoms with E-state index in [-0.39, 0.29) is 11.6 Å². The summed E-state index contributed by atoms with van der Waals surface area (Å²) in [5.74, 6) is -0.935. The predicted octanol–water partition coefficient (Wildman–Crippen LogP) is 3.55. The lowest BCUT2D eigenvalue weighted by Gasteiger charge is -2.14. The fourth-order valence-corrected chi connectivity index (χ4v) is 2.29. The van der Waals surface area contributed by atoms with Crippen LogP contribution in [0, 0.1) is 0 Å². The van der Waals surface area contributed by atoms with Gasteiger partial charge in [0.1, 0.15) is 6.26 Å². The van der Waals surface area contributed by atoms with E-state index < -0.39 is 5.97 Å². The molecule has 3 aromatic rings. The molecule has 0 bridgehead atoms. The minimum Gasteiger partial charge on any atom is -0.476 e. The van der Waals surface area contributed by atoms with Gasteiger partial charge in [-0.2, -0.15) is 0 Å². The third-order valence-electron chi connectivity index (χ3n) is 3.25. The van der Waals surface area contributed by atoms with Crippen LogP contribution < -0.4 is 0 Å². The van der Waals surface area contributed by atoms with Gasteiger partial charge in [0.15, 0.2) is 5.69 Å². The first kappa shape index (κ1) is 13.1. The normalized spacial score (nSPS) is 10.7. The van der Waals surface area contributed by atoms with E-state index in [9.17, 15) is 4.79 Å². The molecule has 0 aliphatic carbocycles. The number of hydrogen-bond donors (Lipinski definition) is 1. The third-order valence-corrected chi connectivity index (χ3v) is 3.25. The third kappa shape index (κ3) is 2.69. The number of rotatable bonds is 4. The predicted molar refractivity (Wildman–Crippen MR) is 77.3 cm³/mol. The van der Waals surface area contributed by atoms with Crippen molar-refractivity contribution >= 4 is 5.97 Å². The molecule has 1 aromatic heterocycles. The molecule has 0 atom stereocenters. The molecular weight excluding hydrogens is 266 g/mol. The molecule has 0 radical (unpaired) electrons. The van der Waals surface area contributed by atoms with Gasteiger partial charge in [0.25, 0.3) is 0 Å². The van der Waals surface area contributed by atoms with E-state index in [0.29, 0.717) is 5.89 Å². The highest BCUT2D eigenvalue weighted by molar-refractivity contribution is 5.84. The SMILES string of the molecule is O=C(O)c1coc(C(c2ccccc2)c2ccccc2)n1. The number of hydrogen-bond acceptors (Lipinski definition) is 3. The Balaban J connectivity index is 2.10. The van der Waals surface area contributed by atoms with Gasteiger partial charge in [0, 0.05) is 0 Å². The van der Waals surface area contributed by atoms with Gasteiger partial charge in [-0.25, -0.2) is 9.78 Å². The zero-order chi connectivity index (χ0) is 14.7. The first-order valence-electron chi connectivity index (χ1n) is 6.54. The molecule has 4 heteroatoms. The van der Waals surface area contributed by atoms with Gasteiger partial charge in [-0.3, -0.25) is 0 Å². The van der Waals surface area contributed by atoms with Crippen LogP contribution in [0.25, 0.3) is 0 Å². The molecule has 0 spiro atoms. The fraction of sp³-hybridized carbons (Fsp3) is 0.0588. The van der Waals surface area contributed by atoms with Crippen molar-refractivity contribution in [1.82, 2.24) is 4.98 Å². The topological polar surface area (TPSA) is 63.3 Å². The Labute approximate surface area is 121 Å². The second-order valence-corrected chi connectivity index (χ2v) is 4.63. The zero-order valence-corrected chi connectivity index (χ0v) is 11.1. The molecule has 3 rings (SSSR count). The minimum atomic E-state index is -1.09. The van der Waals surface area contributed by atoms with E-state index in [4.69, 9.17) is 9.52 Å². The summed E-state index contributed by atoms with van der Waals surface area (Å²) in [6.07, 6.45) is 1.18. The standard InChI is InChI=1S/C17H13NO3/c19-17(20)14-11-21-16(18-14)15(12-7-3-1-4-8-12)13-9-5-2-6-10-13/h1-11,15H,(H,19,20). The Kier molecular flexibility index (Phi) is 3.51. The summed E-state index contributed by atoms with van der Waals surface area (Å²) >= 11 is 0. The molecule has 0 amide bonds. The van der Waals surface area contributed by atoms with E-state index in [0.717, 1.165) is 11.1 Å². The van der Waals surface area contributed by atoms with Crippen molar-refractivity contribution < 1.29 is 14.3 Å². The van der Waals surface area contributed by atoms with Gasteiger partial charge in [-0.15, -0.1) is 0 Å². The molecule has 1 N–H and O–H groups in total. The van der Waals surface area contributed by atoms with Crippen molar-refractivity contribution in [2.75, 3.05) is 0 Å². The number of benzene rings is 2. The lowest BCUT2D eigenvalue weighted by Crippen LogP contribution is -2.05. The van der Waals surface area contributed by atoms with E-state index in [1.165, 1.54) is 6.26 Å². The van der Waals surface area contributed by atoms with E-state index >= 15 is 0 Å². The Bertz CT molecular complexity index is 695. The lowest BCUT2D eigenvalue weighted by molar-refractivity contribution is 0.0690. The van der Waals surface area contributed by atoms with Gasteiger partial charge >= 0.3 is 5.97 Å². The van der Waals surface area contributed by atoms with Crippen molar-refractivity contribution in [3.63, 3.8) is 0 Å². The summed E-state index contributed by atoms with van der Waals surface area (Å²) in [7, 11) is 0. The summed E-state index contributed by atoms with van der Waals surface area (Å²) in [6.45, 7) is 0. The van der Waals surface area contributed by atoms with Crippen LogP contribution in [0.15, 0.2) is 71.3 Å². The minimum absolute atomic E-state index is 0.0816. The van der Waals surface area contributed by atoms with Crippen LogP contribution in [0.4, 0.5) is 0 Å². The van der Waals surface area contributed by atoms with Crippen molar-refractivity contribution in [2.24, 2.45) is 0 Å². The quantitative estimate of drug-likeness (QED) is 0.793. The summed E-state index contributed by atoms with van der Waals surface area (Å²) in [4.78, 5) is 15.1.